The molecule has 3 aromatic rings. The third-order valence-electron chi connectivity index (χ3n) is 8.35. The molecular formula is C30H34N8O3. The molecule has 5 heterocycles. The number of ether oxygens (including phenoxy) is 2. The summed E-state index contributed by atoms with van der Waals surface area (Å²) in [5.41, 5.74) is 3.84. The Morgan fingerprint density at radius 1 is 1.29 bits per heavy atom. The van der Waals surface area contributed by atoms with Gasteiger partial charge in [0, 0.05) is 43.0 Å². The Morgan fingerprint density at radius 2 is 2.17 bits per heavy atom. The number of nitrogens with one attached hydrogen (secondary N) is 1. The molecule has 3 aliphatic rings. The van der Waals surface area contributed by atoms with Crippen LogP contribution in [0.2, 0.25) is 0 Å². The number of anilines is 1. The monoisotopic (exact) mass is 554 g/mol. The number of nitriles is 1. The van der Waals surface area contributed by atoms with Gasteiger partial charge in [0.2, 0.25) is 11.8 Å². The Morgan fingerprint density at radius 3 is 2.95 bits per heavy atom. The van der Waals surface area contributed by atoms with Gasteiger partial charge in [-0.15, -0.1) is 0 Å². The van der Waals surface area contributed by atoms with Crippen molar-refractivity contribution in [3.8, 4) is 18.0 Å². The number of carbonyl (C=O) groups is 1. The topological polar surface area (TPSA) is 124 Å². The number of allylic oxidation sites excluding steroid dienone is 1. The van der Waals surface area contributed by atoms with E-state index in [2.05, 4.69) is 52.7 Å². The molecule has 41 heavy (non-hydrogen) atoms. The second-order valence-electron chi connectivity index (χ2n) is 10.9. The molecule has 212 valence electrons. The van der Waals surface area contributed by atoms with Crippen LogP contribution in [0, 0.1) is 18.3 Å². The van der Waals surface area contributed by atoms with Crippen molar-refractivity contribution in [1.29, 1.82) is 5.26 Å². The number of carbonyl (C=O) groups excluding carboxylic acids is 1. The first-order chi connectivity index (χ1) is 20.0. The number of fused-ring (bicyclic) bond motifs is 2. The van der Waals surface area contributed by atoms with Gasteiger partial charge in [-0.2, -0.15) is 20.3 Å². The summed E-state index contributed by atoms with van der Waals surface area (Å²) in [6.07, 6.45) is 8.17. The van der Waals surface area contributed by atoms with E-state index in [-0.39, 0.29) is 24.4 Å². The summed E-state index contributed by atoms with van der Waals surface area (Å²) in [7, 11) is 2.11. The summed E-state index contributed by atoms with van der Waals surface area (Å²) in [5.74, 6) is 1.73. The van der Waals surface area contributed by atoms with Gasteiger partial charge >= 0.3 is 6.01 Å². The van der Waals surface area contributed by atoms with E-state index in [0.29, 0.717) is 50.4 Å². The van der Waals surface area contributed by atoms with Gasteiger partial charge in [0.25, 0.3) is 0 Å². The Labute approximate surface area is 239 Å². The number of likely N-dealkylation sites (tertiary alicyclic amines) is 1. The van der Waals surface area contributed by atoms with Crippen molar-refractivity contribution < 1.29 is 14.3 Å². The second-order valence-corrected chi connectivity index (χ2v) is 10.9. The first kappa shape index (κ1) is 26.8. The predicted molar refractivity (Wildman–Crippen MR) is 154 cm³/mol. The van der Waals surface area contributed by atoms with Crippen LogP contribution in [0.25, 0.3) is 16.7 Å². The van der Waals surface area contributed by atoms with Crippen LogP contribution in [0.4, 0.5) is 5.82 Å². The second kappa shape index (κ2) is 11.2. The Balaban J connectivity index is 1.35. The van der Waals surface area contributed by atoms with Crippen molar-refractivity contribution in [1.82, 2.24) is 30.0 Å². The number of piperazine rings is 1. The number of nitrogens with zero attached hydrogens (tertiary/aromatic N) is 7. The molecule has 6 rings (SSSR count). The molecule has 0 aliphatic carbocycles. The molecule has 2 fully saturated rings. The molecule has 2 atom stereocenters. The average Bonchev–Trinajstić information content (AvgIpc) is 3.63. The minimum absolute atomic E-state index is 0.168. The van der Waals surface area contributed by atoms with Crippen LogP contribution in [0.5, 0.6) is 11.9 Å². The number of likely N-dealkylation sites (N-methyl/N-ethyl adjacent to an activating group) is 1. The normalized spacial score (nSPS) is 20.8. The van der Waals surface area contributed by atoms with Gasteiger partial charge in [-0.1, -0.05) is 12.6 Å². The summed E-state index contributed by atoms with van der Waals surface area (Å²) in [4.78, 5) is 28.2. The van der Waals surface area contributed by atoms with Gasteiger partial charge in [0.1, 0.15) is 18.2 Å². The lowest BCUT2D eigenvalue weighted by Crippen LogP contribution is -2.55. The number of benzene rings is 1. The van der Waals surface area contributed by atoms with Gasteiger partial charge in [0.15, 0.2) is 0 Å². The number of aromatic nitrogens is 4. The number of aryl methyl sites for hydroxylation is 1. The molecule has 3 aliphatic heterocycles. The van der Waals surface area contributed by atoms with Gasteiger partial charge < -0.3 is 24.2 Å². The van der Waals surface area contributed by atoms with E-state index in [4.69, 9.17) is 19.4 Å². The van der Waals surface area contributed by atoms with Gasteiger partial charge in [-0.25, -0.2) is 0 Å². The van der Waals surface area contributed by atoms with Crippen molar-refractivity contribution in [2.24, 2.45) is 0 Å². The van der Waals surface area contributed by atoms with Crippen molar-refractivity contribution >= 4 is 28.4 Å². The van der Waals surface area contributed by atoms with Crippen LogP contribution in [-0.4, -0.2) is 87.8 Å². The quantitative estimate of drug-likeness (QED) is 0.439. The molecular weight excluding hydrogens is 520 g/mol. The lowest BCUT2D eigenvalue weighted by molar-refractivity contribution is -0.128. The van der Waals surface area contributed by atoms with Gasteiger partial charge in [0.05, 0.1) is 35.8 Å². The fraction of sp³-hybridized carbons (Fsp3) is 0.433. The summed E-state index contributed by atoms with van der Waals surface area (Å²) < 4.78 is 12.7. The highest BCUT2D eigenvalue weighted by Gasteiger charge is 2.33. The van der Waals surface area contributed by atoms with E-state index in [0.717, 1.165) is 52.7 Å². The van der Waals surface area contributed by atoms with Crippen LogP contribution in [0.3, 0.4) is 0 Å². The predicted octanol–water partition coefficient (Wildman–Crippen LogP) is 3.23. The smallest absolute Gasteiger partial charge is 0.321 e. The highest BCUT2D eigenvalue weighted by atomic mass is 16.5. The number of hydrogen-bond acceptors (Lipinski definition) is 9. The van der Waals surface area contributed by atoms with Gasteiger partial charge in [-0.05, 0) is 57.1 Å². The highest BCUT2D eigenvalue weighted by molar-refractivity contribution is 5.92. The third-order valence-corrected chi connectivity index (χ3v) is 8.35. The molecule has 2 aromatic heterocycles. The third kappa shape index (κ3) is 5.11. The lowest BCUT2D eigenvalue weighted by atomic mass is 9.99. The molecule has 0 saturated carbocycles. The average molecular weight is 555 g/mol. The first-order valence-electron chi connectivity index (χ1n) is 14.1. The zero-order chi connectivity index (χ0) is 28.5. The van der Waals surface area contributed by atoms with E-state index in [1.165, 1.54) is 6.08 Å². The van der Waals surface area contributed by atoms with Crippen LogP contribution in [0.15, 0.2) is 37.1 Å². The van der Waals surface area contributed by atoms with Crippen LogP contribution >= 0.6 is 0 Å². The van der Waals surface area contributed by atoms with Gasteiger partial charge in [-0.3, -0.25) is 9.89 Å². The maximum Gasteiger partial charge on any atom is 0.321 e. The SMILES string of the molecule is C=CC(=O)N1CCN(c2nc(OC[C@@H]3CCCN3C)nc3c2CC=C(c2c(C)ccc4[nH]ncc24)O3)C[C@@H]1CC#N. The fourth-order valence-electron chi connectivity index (χ4n) is 6.07. The largest absolute Gasteiger partial charge is 0.462 e. The summed E-state index contributed by atoms with van der Waals surface area (Å²) in [6, 6.07) is 6.59. The van der Waals surface area contributed by atoms with Crippen LogP contribution < -0.4 is 14.4 Å². The standard InChI is InChI=1S/C30H34N8O3/c1-4-26(39)38-15-14-37(17-20(38)11-12-31)28-22-8-10-25(27-19(2)7-9-24-23(27)16-32-35-24)41-29(22)34-30(33-28)40-18-21-6-5-13-36(21)3/h4,7,9-10,16,20-21H,1,5-6,8,11,13-15,17-18H2,2-3H3,(H,32,35)/t20-,21-/m0/s1. The molecule has 1 aromatic carbocycles. The van der Waals surface area contributed by atoms with Crippen molar-refractivity contribution in [2.45, 2.75) is 44.7 Å². The summed E-state index contributed by atoms with van der Waals surface area (Å²) in [6.45, 7) is 8.71. The summed E-state index contributed by atoms with van der Waals surface area (Å²) in [5, 5.41) is 17.7. The maximum atomic E-state index is 12.5. The maximum absolute atomic E-state index is 12.5. The van der Waals surface area contributed by atoms with E-state index >= 15 is 0 Å². The molecule has 0 radical (unpaired) electrons. The van der Waals surface area contributed by atoms with E-state index < -0.39 is 0 Å². The molecule has 0 unspecified atom stereocenters. The number of H-pyrrole nitrogens is 1. The highest BCUT2D eigenvalue weighted by Crippen LogP contribution is 2.39. The van der Waals surface area contributed by atoms with E-state index in [1.54, 1.807) is 4.90 Å². The van der Waals surface area contributed by atoms with Crippen molar-refractivity contribution in [3.63, 3.8) is 0 Å². The van der Waals surface area contributed by atoms with Crippen molar-refractivity contribution in [3.05, 3.63) is 53.8 Å². The minimum Gasteiger partial charge on any atom is -0.462 e. The first-order valence-corrected chi connectivity index (χ1v) is 14.1. The minimum atomic E-state index is -0.279. The molecule has 11 nitrogen and oxygen atoms in total. The Bertz CT molecular complexity index is 1560. The Kier molecular flexibility index (Phi) is 7.32. The summed E-state index contributed by atoms with van der Waals surface area (Å²) >= 11 is 0. The molecule has 1 N–H and O–H groups in total. The molecule has 0 spiro atoms. The lowest BCUT2D eigenvalue weighted by Gasteiger charge is -2.41. The zero-order valence-corrected chi connectivity index (χ0v) is 23.5. The Hall–Kier alpha value is -4.43. The van der Waals surface area contributed by atoms with Crippen LogP contribution in [-0.2, 0) is 11.2 Å². The van der Waals surface area contributed by atoms with E-state index in [9.17, 15) is 10.1 Å². The fourth-order valence-corrected chi connectivity index (χ4v) is 6.07. The molecule has 1 amide bonds. The van der Waals surface area contributed by atoms with E-state index in [1.807, 2.05) is 18.3 Å². The molecule has 0 bridgehead atoms. The number of amides is 1. The van der Waals surface area contributed by atoms with Crippen molar-refractivity contribution in [2.75, 3.05) is 44.7 Å². The van der Waals surface area contributed by atoms with Crippen LogP contribution in [0.1, 0.15) is 36.0 Å². The molecule has 2 saturated heterocycles. The zero-order valence-electron chi connectivity index (χ0n) is 23.5. The number of aromatic amines is 1. The number of hydrogen-bond donors (Lipinski definition) is 1. The molecule has 11 heteroatoms. The number of rotatable bonds is 7.